The minimum Gasteiger partial charge on any atom is -0.365 e. The molecule has 17 heteroatoms. The minimum atomic E-state index is -4.85. The number of nitrogens with one attached hydrogen (secondary N) is 1. The second kappa shape index (κ2) is 9.23. The van der Waals surface area contributed by atoms with Gasteiger partial charge in [0.2, 0.25) is 0 Å². The predicted molar refractivity (Wildman–Crippen MR) is 138 cm³/mol. The van der Waals surface area contributed by atoms with E-state index in [1.54, 1.807) is 14.0 Å². The number of aryl methyl sites for hydroxylation is 1. The van der Waals surface area contributed by atoms with E-state index in [0.717, 1.165) is 18.2 Å². The maximum atomic E-state index is 13.8. The molecule has 42 heavy (non-hydrogen) atoms. The fraction of sp³-hybridized carbons (Fsp3) is 0.280. The maximum Gasteiger partial charge on any atom is 0.433 e. The molecule has 1 aliphatic rings. The number of primary amides is 1. The number of pyridine rings is 1. The first-order valence-electron chi connectivity index (χ1n) is 12.3. The molecule has 1 saturated carbocycles. The van der Waals surface area contributed by atoms with Gasteiger partial charge in [0.25, 0.3) is 11.8 Å². The lowest BCUT2D eigenvalue weighted by Gasteiger charge is -2.12. The van der Waals surface area contributed by atoms with Gasteiger partial charge in [-0.25, -0.2) is 14.5 Å². The fourth-order valence-electron chi connectivity index (χ4n) is 4.58. The van der Waals surface area contributed by atoms with Crippen LogP contribution < -0.4 is 11.1 Å². The number of fused-ring (bicyclic) bond motifs is 2. The molecule has 1 aliphatic carbocycles. The molecule has 0 spiro atoms. The molecular formula is C25H18F6N8O2S. The first kappa shape index (κ1) is 27.6. The Morgan fingerprint density at radius 2 is 1.76 bits per heavy atom. The van der Waals surface area contributed by atoms with E-state index in [9.17, 15) is 35.9 Å². The van der Waals surface area contributed by atoms with E-state index in [2.05, 4.69) is 25.5 Å². The molecule has 0 radical (unpaired) electrons. The zero-order chi connectivity index (χ0) is 30.3. The third-order valence-corrected chi connectivity index (χ3v) is 8.00. The number of rotatable bonds is 5. The molecule has 0 bridgehead atoms. The second-order valence-electron chi connectivity index (χ2n) is 9.76. The molecule has 1 fully saturated rings. The molecule has 5 aromatic heterocycles. The second-order valence-corrected chi connectivity index (χ2v) is 10.8. The Morgan fingerprint density at radius 3 is 2.33 bits per heavy atom. The number of amides is 2. The first-order chi connectivity index (χ1) is 19.6. The van der Waals surface area contributed by atoms with Crippen molar-refractivity contribution in [1.82, 2.24) is 29.4 Å². The summed E-state index contributed by atoms with van der Waals surface area (Å²) in [5.41, 5.74) is 3.12. The number of hydrogen-bond acceptors (Lipinski definition) is 7. The Bertz CT molecular complexity index is 1930. The fourth-order valence-corrected chi connectivity index (χ4v) is 5.59. The summed E-state index contributed by atoms with van der Waals surface area (Å²) >= 11 is 0.530. The van der Waals surface area contributed by atoms with Crippen molar-refractivity contribution in [3.8, 4) is 11.1 Å². The quantitative estimate of drug-likeness (QED) is 0.260. The van der Waals surface area contributed by atoms with Crippen molar-refractivity contribution in [2.45, 2.75) is 38.0 Å². The highest BCUT2D eigenvalue weighted by atomic mass is 32.1. The standard InChI is InChI=1S/C25H18F6N8O2S/c1-9-12(8-33-38(9)2)11-5-15(24(26,27)28)35-23-18(11)19(20(42-23)21(32)40)36-22(41)14-7-17-34-13(10-3-4-10)6-16(25(29,30)31)39(17)37-14/h5-8,10H,3-4H2,1-2H3,(H2,32,40)(H,36,41). The van der Waals surface area contributed by atoms with Crippen molar-refractivity contribution in [3.63, 3.8) is 0 Å². The molecule has 2 amide bonds. The van der Waals surface area contributed by atoms with Gasteiger partial charge in [0.1, 0.15) is 21.1 Å². The number of nitrogens with zero attached hydrogens (tertiary/aromatic N) is 6. The molecule has 3 N–H and O–H groups in total. The van der Waals surface area contributed by atoms with Crippen LogP contribution in [0.5, 0.6) is 0 Å². The Kier molecular flexibility index (Phi) is 6.07. The molecular weight excluding hydrogens is 590 g/mol. The number of nitrogens with two attached hydrogens (primary N) is 1. The van der Waals surface area contributed by atoms with E-state index < -0.39 is 41.2 Å². The lowest BCUT2D eigenvalue weighted by molar-refractivity contribution is -0.143. The molecule has 218 valence electrons. The van der Waals surface area contributed by atoms with Gasteiger partial charge in [0.15, 0.2) is 11.3 Å². The van der Waals surface area contributed by atoms with Crippen LogP contribution >= 0.6 is 11.3 Å². The Morgan fingerprint density at radius 1 is 1.05 bits per heavy atom. The normalized spacial score (nSPS) is 14.2. The van der Waals surface area contributed by atoms with Crippen LogP contribution in [0.15, 0.2) is 24.4 Å². The topological polar surface area (TPSA) is 133 Å². The van der Waals surface area contributed by atoms with E-state index in [0.29, 0.717) is 34.4 Å². The number of halogens is 6. The average molecular weight is 609 g/mol. The van der Waals surface area contributed by atoms with Gasteiger partial charge in [-0.3, -0.25) is 14.3 Å². The van der Waals surface area contributed by atoms with Gasteiger partial charge in [0.05, 0.1) is 11.9 Å². The van der Waals surface area contributed by atoms with Gasteiger partial charge in [-0.15, -0.1) is 11.3 Å². The summed E-state index contributed by atoms with van der Waals surface area (Å²) < 4.78 is 84.8. The van der Waals surface area contributed by atoms with Gasteiger partial charge < -0.3 is 11.1 Å². The summed E-state index contributed by atoms with van der Waals surface area (Å²) in [5.74, 6) is -2.24. The highest BCUT2D eigenvalue weighted by molar-refractivity contribution is 7.21. The average Bonchev–Trinajstić information content (AvgIpc) is 3.43. The van der Waals surface area contributed by atoms with Crippen LogP contribution in [0.1, 0.15) is 61.7 Å². The maximum absolute atomic E-state index is 13.8. The van der Waals surface area contributed by atoms with E-state index in [-0.39, 0.29) is 49.2 Å². The monoisotopic (exact) mass is 608 g/mol. The smallest absolute Gasteiger partial charge is 0.365 e. The van der Waals surface area contributed by atoms with Crippen LogP contribution in [0.25, 0.3) is 27.0 Å². The van der Waals surface area contributed by atoms with E-state index in [4.69, 9.17) is 5.73 Å². The number of thiophene rings is 1. The highest BCUT2D eigenvalue weighted by Crippen LogP contribution is 2.45. The van der Waals surface area contributed by atoms with Gasteiger partial charge in [0, 0.05) is 41.4 Å². The zero-order valence-corrected chi connectivity index (χ0v) is 22.4. The number of hydrogen-bond donors (Lipinski definition) is 2. The van der Waals surface area contributed by atoms with Gasteiger partial charge in [-0.05, 0) is 37.5 Å². The SMILES string of the molecule is Cc1c(-c2cc(C(F)(F)F)nc3sc(C(N)=O)c(NC(=O)c4cc5nc(C6CC6)cc(C(F)(F)F)n5n4)c23)cnn1C. The molecule has 0 saturated heterocycles. The predicted octanol–water partition coefficient (Wildman–Crippen LogP) is 5.31. The number of carbonyl (C=O) groups is 2. The third-order valence-electron chi connectivity index (χ3n) is 6.91. The summed E-state index contributed by atoms with van der Waals surface area (Å²) in [4.78, 5) is 33.1. The first-order valence-corrected chi connectivity index (χ1v) is 13.1. The molecule has 0 unspecified atom stereocenters. The molecule has 0 aromatic carbocycles. The summed E-state index contributed by atoms with van der Waals surface area (Å²) in [5, 5.41) is 10.3. The number of carbonyl (C=O) groups excluding carboxylic acids is 2. The molecule has 10 nitrogen and oxygen atoms in total. The summed E-state index contributed by atoms with van der Waals surface area (Å²) in [6.45, 7) is 1.61. The van der Waals surface area contributed by atoms with Crippen LogP contribution in [0.2, 0.25) is 0 Å². The third kappa shape index (κ3) is 4.62. The van der Waals surface area contributed by atoms with E-state index >= 15 is 0 Å². The summed E-state index contributed by atoms with van der Waals surface area (Å²) in [6, 6.07) is 2.72. The minimum absolute atomic E-state index is 0.0276. The lowest BCUT2D eigenvalue weighted by Crippen LogP contribution is -2.18. The van der Waals surface area contributed by atoms with Crippen molar-refractivity contribution in [3.05, 3.63) is 57.7 Å². The highest BCUT2D eigenvalue weighted by Gasteiger charge is 2.38. The van der Waals surface area contributed by atoms with Crippen molar-refractivity contribution in [2.75, 3.05) is 5.32 Å². The van der Waals surface area contributed by atoms with Crippen molar-refractivity contribution in [1.29, 1.82) is 0 Å². The van der Waals surface area contributed by atoms with Crippen molar-refractivity contribution >= 4 is 44.7 Å². The van der Waals surface area contributed by atoms with E-state index in [1.807, 2.05) is 0 Å². The van der Waals surface area contributed by atoms with E-state index in [1.165, 1.54) is 10.9 Å². The molecule has 6 rings (SSSR count). The van der Waals surface area contributed by atoms with Crippen LogP contribution in [0.4, 0.5) is 32.0 Å². The molecule has 5 heterocycles. The van der Waals surface area contributed by atoms with Crippen LogP contribution in [-0.2, 0) is 19.4 Å². The summed E-state index contributed by atoms with van der Waals surface area (Å²) in [6.07, 6.45) is -6.96. The molecule has 5 aromatic rings. The Hall–Kier alpha value is -4.54. The van der Waals surface area contributed by atoms with Crippen LogP contribution in [0.3, 0.4) is 0 Å². The van der Waals surface area contributed by atoms with Gasteiger partial charge in [-0.2, -0.15) is 36.5 Å². The van der Waals surface area contributed by atoms with Gasteiger partial charge >= 0.3 is 12.4 Å². The molecule has 0 atom stereocenters. The Labute approximate surface area is 235 Å². The van der Waals surface area contributed by atoms with Crippen LogP contribution in [-0.4, -0.2) is 41.2 Å². The van der Waals surface area contributed by atoms with Gasteiger partial charge in [-0.1, -0.05) is 0 Å². The largest absolute Gasteiger partial charge is 0.433 e. The Balaban J connectivity index is 1.52. The summed E-state index contributed by atoms with van der Waals surface area (Å²) in [7, 11) is 1.58. The number of anilines is 1. The zero-order valence-electron chi connectivity index (χ0n) is 21.6. The number of alkyl halides is 6. The van der Waals surface area contributed by atoms with Crippen molar-refractivity contribution in [2.24, 2.45) is 12.8 Å². The van der Waals surface area contributed by atoms with Crippen LogP contribution in [0, 0.1) is 6.92 Å². The van der Waals surface area contributed by atoms with Crippen molar-refractivity contribution < 1.29 is 35.9 Å². The number of aromatic nitrogens is 6. The molecule has 0 aliphatic heterocycles. The lowest BCUT2D eigenvalue weighted by atomic mass is 10.0.